The van der Waals surface area contributed by atoms with Crippen molar-refractivity contribution in [1.82, 2.24) is 25.5 Å². The van der Waals surface area contributed by atoms with Gasteiger partial charge < -0.3 is 10.6 Å². The summed E-state index contributed by atoms with van der Waals surface area (Å²) in [5.41, 5.74) is 0.446. The summed E-state index contributed by atoms with van der Waals surface area (Å²) < 4.78 is 0. The number of carbonyl (C=O) groups is 1. The lowest BCUT2D eigenvalue weighted by atomic mass is 10.2. The van der Waals surface area contributed by atoms with Crippen LogP contribution in [0.2, 0.25) is 5.02 Å². The molecule has 8 heteroatoms. The maximum atomic E-state index is 12.0. The van der Waals surface area contributed by atoms with Crippen LogP contribution < -0.4 is 10.6 Å². The van der Waals surface area contributed by atoms with Gasteiger partial charge in [0.1, 0.15) is 18.0 Å². The highest BCUT2D eigenvalue weighted by molar-refractivity contribution is 6.33. The predicted octanol–water partition coefficient (Wildman–Crippen LogP) is 1.65. The highest BCUT2D eigenvalue weighted by Gasteiger charge is 2.09. The third-order valence-corrected chi connectivity index (χ3v) is 3.08. The minimum absolute atomic E-state index is 0.190. The number of aromatic nitrogens is 4. The molecule has 0 radical (unpaired) electrons. The number of carbonyl (C=O) groups excluding carboxylic acids is 1. The lowest BCUT2D eigenvalue weighted by Crippen LogP contribution is -2.25. The molecule has 0 aliphatic carbocycles. The first-order valence-corrected chi connectivity index (χ1v) is 7.10. The first-order valence-electron chi connectivity index (χ1n) is 6.72. The van der Waals surface area contributed by atoms with Crippen LogP contribution >= 0.6 is 11.6 Å². The Labute approximate surface area is 127 Å². The quantitative estimate of drug-likeness (QED) is 0.676. The Kier molecular flexibility index (Phi) is 5.51. The molecule has 0 unspecified atom stereocenters. The van der Waals surface area contributed by atoms with E-state index in [1.165, 1.54) is 12.5 Å². The summed E-state index contributed by atoms with van der Waals surface area (Å²) in [6, 6.07) is 1.61. The van der Waals surface area contributed by atoms with Crippen LogP contribution in [0.4, 0.5) is 5.82 Å². The van der Waals surface area contributed by atoms with E-state index < -0.39 is 0 Å². The Morgan fingerprint density at radius 1 is 1.43 bits per heavy atom. The average Bonchev–Trinajstić information content (AvgIpc) is 2.99. The fraction of sp³-hybridized carbons (Fsp3) is 0.385. The van der Waals surface area contributed by atoms with Gasteiger partial charge in [-0.2, -0.15) is 5.10 Å². The van der Waals surface area contributed by atoms with Gasteiger partial charge in [0.2, 0.25) is 0 Å². The van der Waals surface area contributed by atoms with E-state index in [9.17, 15) is 4.79 Å². The van der Waals surface area contributed by atoms with Crippen LogP contribution in [0.15, 0.2) is 18.6 Å². The maximum Gasteiger partial charge on any atom is 0.252 e. The number of hydrogen-bond acceptors (Lipinski definition) is 5. The minimum Gasteiger partial charge on any atom is -0.369 e. The van der Waals surface area contributed by atoms with Gasteiger partial charge in [-0.15, -0.1) is 0 Å². The summed E-state index contributed by atoms with van der Waals surface area (Å²) in [5, 5.41) is 12.8. The van der Waals surface area contributed by atoms with Crippen LogP contribution in [0, 0.1) is 0 Å². The van der Waals surface area contributed by atoms with Crippen molar-refractivity contribution in [2.75, 3.05) is 18.4 Å². The Balaban J connectivity index is 1.81. The number of nitrogens with zero attached hydrogens (tertiary/aromatic N) is 3. The van der Waals surface area contributed by atoms with Gasteiger partial charge in [0, 0.05) is 25.7 Å². The third kappa shape index (κ3) is 4.42. The zero-order valence-corrected chi connectivity index (χ0v) is 12.4. The molecule has 0 saturated carbocycles. The van der Waals surface area contributed by atoms with Crippen LogP contribution in [0.5, 0.6) is 0 Å². The number of nitrogens with one attached hydrogen (secondary N) is 3. The summed E-state index contributed by atoms with van der Waals surface area (Å²) in [6.07, 6.45) is 4.49. The van der Waals surface area contributed by atoms with E-state index in [0.29, 0.717) is 22.9 Å². The van der Waals surface area contributed by atoms with Crippen molar-refractivity contribution in [3.05, 3.63) is 35.0 Å². The summed E-state index contributed by atoms with van der Waals surface area (Å²) in [6.45, 7) is 3.22. The van der Waals surface area contributed by atoms with E-state index in [4.69, 9.17) is 11.6 Å². The number of aryl methyl sites for hydroxylation is 1. The van der Waals surface area contributed by atoms with Crippen molar-refractivity contribution in [2.24, 2.45) is 0 Å². The van der Waals surface area contributed by atoms with E-state index in [1.54, 1.807) is 6.07 Å². The molecular formula is C13H17ClN6O. The monoisotopic (exact) mass is 308 g/mol. The van der Waals surface area contributed by atoms with Gasteiger partial charge >= 0.3 is 0 Å². The van der Waals surface area contributed by atoms with Gasteiger partial charge in [0.25, 0.3) is 5.91 Å². The van der Waals surface area contributed by atoms with E-state index >= 15 is 0 Å². The van der Waals surface area contributed by atoms with Crippen molar-refractivity contribution >= 4 is 23.3 Å². The molecule has 2 heterocycles. The molecule has 2 aromatic heterocycles. The molecule has 112 valence electrons. The number of H-pyrrole nitrogens is 1. The summed E-state index contributed by atoms with van der Waals surface area (Å²) in [7, 11) is 0. The van der Waals surface area contributed by atoms with Gasteiger partial charge in [-0.25, -0.2) is 9.97 Å². The van der Waals surface area contributed by atoms with Crippen LogP contribution in [0.1, 0.15) is 29.5 Å². The smallest absolute Gasteiger partial charge is 0.252 e. The molecule has 0 aromatic carbocycles. The van der Waals surface area contributed by atoms with E-state index in [-0.39, 0.29) is 5.91 Å². The Morgan fingerprint density at radius 3 is 2.95 bits per heavy atom. The zero-order valence-electron chi connectivity index (χ0n) is 11.7. The van der Waals surface area contributed by atoms with Gasteiger partial charge in [0.15, 0.2) is 0 Å². The average molecular weight is 309 g/mol. The molecule has 3 N–H and O–H groups in total. The second kappa shape index (κ2) is 7.58. The van der Waals surface area contributed by atoms with E-state index in [1.807, 2.05) is 6.92 Å². The highest BCUT2D eigenvalue weighted by atomic mass is 35.5. The van der Waals surface area contributed by atoms with Gasteiger partial charge in [-0.05, 0) is 19.4 Å². The van der Waals surface area contributed by atoms with Gasteiger partial charge in [-0.1, -0.05) is 11.6 Å². The van der Waals surface area contributed by atoms with Crippen molar-refractivity contribution in [2.45, 2.75) is 19.8 Å². The Hall–Kier alpha value is -2.15. The predicted molar refractivity (Wildman–Crippen MR) is 80.4 cm³/mol. The molecule has 0 spiro atoms. The fourth-order valence-corrected chi connectivity index (χ4v) is 2.00. The number of amides is 1. The molecule has 7 nitrogen and oxygen atoms in total. The van der Waals surface area contributed by atoms with E-state index in [0.717, 1.165) is 25.2 Å². The first-order chi connectivity index (χ1) is 10.2. The second-order valence-electron chi connectivity index (χ2n) is 4.38. The lowest BCUT2D eigenvalue weighted by Gasteiger charge is -2.08. The summed E-state index contributed by atoms with van der Waals surface area (Å²) in [5.74, 6) is 1.20. The van der Waals surface area contributed by atoms with Crippen molar-refractivity contribution in [3.8, 4) is 0 Å². The lowest BCUT2D eigenvalue weighted by molar-refractivity contribution is 0.0953. The molecule has 1 amide bonds. The number of rotatable bonds is 7. The number of halogens is 1. The van der Waals surface area contributed by atoms with E-state index in [2.05, 4.69) is 30.8 Å². The molecule has 2 aromatic rings. The molecule has 0 atom stereocenters. The topological polar surface area (TPSA) is 95.6 Å². The Bertz CT molecular complexity index is 586. The second-order valence-corrected chi connectivity index (χ2v) is 4.78. The molecule has 0 aliphatic heterocycles. The van der Waals surface area contributed by atoms with Crippen molar-refractivity contribution in [3.63, 3.8) is 0 Å². The molecule has 0 bridgehead atoms. The molecule has 0 fully saturated rings. The number of pyridine rings is 1. The minimum atomic E-state index is -0.190. The van der Waals surface area contributed by atoms with Crippen LogP contribution in [-0.4, -0.2) is 39.2 Å². The summed E-state index contributed by atoms with van der Waals surface area (Å²) >= 11 is 6.06. The SMILES string of the molecule is CCNc1ncc(C(=O)NCCCc2ncn[nH]2)cc1Cl. The molecule has 2 rings (SSSR count). The standard InChI is InChI=1S/C13H17ClN6O/c1-2-15-12-10(14)6-9(7-17-12)13(21)16-5-3-4-11-18-8-19-20-11/h6-8H,2-5H2,1H3,(H,15,17)(H,16,21)(H,18,19,20). The fourth-order valence-electron chi connectivity index (χ4n) is 1.77. The largest absolute Gasteiger partial charge is 0.369 e. The Morgan fingerprint density at radius 2 is 2.29 bits per heavy atom. The van der Waals surface area contributed by atoms with Crippen molar-refractivity contribution in [1.29, 1.82) is 0 Å². The summed E-state index contributed by atoms with van der Waals surface area (Å²) in [4.78, 5) is 20.1. The molecule has 0 aliphatic rings. The third-order valence-electron chi connectivity index (χ3n) is 2.79. The molecule has 21 heavy (non-hydrogen) atoms. The van der Waals surface area contributed by atoms with Gasteiger partial charge in [-0.3, -0.25) is 9.89 Å². The van der Waals surface area contributed by atoms with Gasteiger partial charge in [0.05, 0.1) is 10.6 Å². The van der Waals surface area contributed by atoms with Crippen LogP contribution in [-0.2, 0) is 6.42 Å². The van der Waals surface area contributed by atoms with Crippen LogP contribution in [0.3, 0.4) is 0 Å². The number of hydrogen-bond donors (Lipinski definition) is 3. The maximum absolute atomic E-state index is 12.0. The first kappa shape index (κ1) is 15.2. The highest BCUT2D eigenvalue weighted by Crippen LogP contribution is 2.19. The number of anilines is 1. The molecule has 0 saturated heterocycles. The molecular weight excluding hydrogens is 292 g/mol. The zero-order chi connectivity index (χ0) is 15.1. The van der Waals surface area contributed by atoms with Crippen molar-refractivity contribution < 1.29 is 4.79 Å². The van der Waals surface area contributed by atoms with Crippen LogP contribution in [0.25, 0.3) is 0 Å². The normalized spacial score (nSPS) is 10.4. The number of aromatic amines is 1.